The lowest BCUT2D eigenvalue weighted by Crippen LogP contribution is -2.29. The Kier molecular flexibility index (Phi) is 2.99. The smallest absolute Gasteiger partial charge is 0.305 e. The third-order valence-electron chi connectivity index (χ3n) is 2.91. The molecule has 0 radical (unpaired) electrons. The van der Waals surface area contributed by atoms with Crippen molar-refractivity contribution in [1.82, 2.24) is 0 Å². The van der Waals surface area contributed by atoms with Gasteiger partial charge in [-0.1, -0.05) is 42.5 Å². The van der Waals surface area contributed by atoms with Gasteiger partial charge in [-0.2, -0.15) is 0 Å². The van der Waals surface area contributed by atoms with Crippen LogP contribution in [0.4, 0.5) is 0 Å². The Bertz CT molecular complexity index is 570. The minimum atomic E-state index is -0.848. The molecule has 0 saturated heterocycles. The molecule has 0 spiro atoms. The molecular weight excluding hydrogens is 339 g/mol. The van der Waals surface area contributed by atoms with Crippen molar-refractivity contribution in [3.05, 3.63) is 81.8 Å². The fourth-order valence-electron chi connectivity index (χ4n) is 2.08. The average Bonchev–Trinajstić information content (AvgIpc) is 2.91. The second-order valence-electron chi connectivity index (χ2n) is 3.97. The van der Waals surface area contributed by atoms with Gasteiger partial charge in [0.2, 0.25) is 0 Å². The van der Waals surface area contributed by atoms with E-state index in [4.69, 9.17) is 9.47 Å². The lowest BCUT2D eigenvalue weighted by molar-refractivity contribution is -0.113. The van der Waals surface area contributed by atoms with Crippen LogP contribution in [0.15, 0.2) is 67.1 Å². The van der Waals surface area contributed by atoms with Crippen molar-refractivity contribution in [2.45, 2.75) is 5.79 Å². The van der Waals surface area contributed by atoms with Crippen molar-refractivity contribution in [3.8, 4) is 0 Å². The molecule has 3 heteroatoms. The predicted octanol–water partition coefficient (Wildman–Crippen LogP) is 4.01. The topological polar surface area (TPSA) is 18.5 Å². The molecular formula is C15H11IO2. The summed E-state index contributed by atoms with van der Waals surface area (Å²) >= 11 is 2.30. The third-order valence-corrected chi connectivity index (χ3v) is 3.85. The highest BCUT2D eigenvalue weighted by Crippen LogP contribution is 2.40. The van der Waals surface area contributed by atoms with Crippen molar-refractivity contribution in [3.63, 3.8) is 0 Å². The molecule has 0 bridgehead atoms. The number of ether oxygens (including phenoxy) is 2. The van der Waals surface area contributed by atoms with Crippen LogP contribution in [-0.4, -0.2) is 0 Å². The van der Waals surface area contributed by atoms with E-state index in [9.17, 15) is 0 Å². The molecule has 0 amide bonds. The summed E-state index contributed by atoms with van der Waals surface area (Å²) in [5.41, 5.74) is 2.00. The van der Waals surface area contributed by atoms with Crippen molar-refractivity contribution in [2.24, 2.45) is 0 Å². The molecule has 0 N–H and O–H groups in total. The summed E-state index contributed by atoms with van der Waals surface area (Å²) in [6.07, 6.45) is 3.19. The molecule has 1 heterocycles. The van der Waals surface area contributed by atoms with E-state index in [0.29, 0.717) is 0 Å². The first-order valence-corrected chi connectivity index (χ1v) is 6.72. The van der Waals surface area contributed by atoms with E-state index in [2.05, 4.69) is 22.6 Å². The Labute approximate surface area is 119 Å². The zero-order valence-electron chi connectivity index (χ0n) is 9.55. The van der Waals surface area contributed by atoms with Gasteiger partial charge in [0.25, 0.3) is 0 Å². The normalized spacial score (nSPS) is 16.1. The summed E-state index contributed by atoms with van der Waals surface area (Å²) < 4.78 is 12.7. The van der Waals surface area contributed by atoms with Gasteiger partial charge in [-0.3, -0.25) is 0 Å². The monoisotopic (exact) mass is 350 g/mol. The Morgan fingerprint density at radius 3 is 2.06 bits per heavy atom. The highest BCUT2D eigenvalue weighted by molar-refractivity contribution is 14.1. The molecule has 18 heavy (non-hydrogen) atoms. The molecule has 0 unspecified atom stereocenters. The van der Waals surface area contributed by atoms with Gasteiger partial charge in [0, 0.05) is 9.13 Å². The van der Waals surface area contributed by atoms with Gasteiger partial charge in [-0.25, -0.2) is 0 Å². The van der Waals surface area contributed by atoms with Gasteiger partial charge in [-0.05, 0) is 34.7 Å². The summed E-state index contributed by atoms with van der Waals surface area (Å²) in [6.45, 7) is 0. The molecule has 2 aromatic carbocycles. The maximum atomic E-state index is 5.79. The minimum Gasteiger partial charge on any atom is -0.449 e. The molecule has 0 atom stereocenters. The van der Waals surface area contributed by atoms with E-state index in [-0.39, 0.29) is 0 Å². The standard InChI is InChI=1S/C15H11IO2/c16-14-9-5-4-8-13(14)15(17-10-11-18-15)12-6-2-1-3-7-12/h1-11H. The van der Waals surface area contributed by atoms with Gasteiger partial charge in [0.1, 0.15) is 12.5 Å². The van der Waals surface area contributed by atoms with E-state index in [1.54, 1.807) is 12.5 Å². The lowest BCUT2D eigenvalue weighted by Gasteiger charge is -2.29. The second kappa shape index (κ2) is 4.65. The molecule has 2 aromatic rings. The van der Waals surface area contributed by atoms with Gasteiger partial charge in [0.05, 0.1) is 5.56 Å². The molecule has 0 aromatic heterocycles. The summed E-state index contributed by atoms with van der Waals surface area (Å²) in [6, 6.07) is 18.0. The Morgan fingerprint density at radius 1 is 0.778 bits per heavy atom. The van der Waals surface area contributed by atoms with Gasteiger partial charge in [-0.15, -0.1) is 0 Å². The molecule has 0 fully saturated rings. The van der Waals surface area contributed by atoms with Crippen LogP contribution in [0.1, 0.15) is 11.1 Å². The molecule has 1 aliphatic rings. The van der Waals surface area contributed by atoms with Crippen LogP contribution in [0.3, 0.4) is 0 Å². The van der Waals surface area contributed by atoms with E-state index in [1.165, 1.54) is 0 Å². The Hall–Kier alpha value is -1.49. The van der Waals surface area contributed by atoms with Gasteiger partial charge in [0.15, 0.2) is 0 Å². The molecule has 0 saturated carbocycles. The zero-order valence-corrected chi connectivity index (χ0v) is 11.7. The second-order valence-corrected chi connectivity index (χ2v) is 5.13. The number of hydrogen-bond acceptors (Lipinski definition) is 2. The zero-order chi connectivity index (χ0) is 12.4. The first-order valence-electron chi connectivity index (χ1n) is 5.64. The van der Waals surface area contributed by atoms with Crippen LogP contribution in [0.2, 0.25) is 0 Å². The number of rotatable bonds is 2. The number of hydrogen-bond donors (Lipinski definition) is 0. The fourth-order valence-corrected chi connectivity index (χ4v) is 2.82. The van der Waals surface area contributed by atoms with Crippen molar-refractivity contribution in [2.75, 3.05) is 0 Å². The van der Waals surface area contributed by atoms with Crippen LogP contribution in [0, 0.1) is 3.57 Å². The van der Waals surface area contributed by atoms with Gasteiger partial charge >= 0.3 is 5.79 Å². The van der Waals surface area contributed by atoms with Crippen LogP contribution in [0.5, 0.6) is 0 Å². The van der Waals surface area contributed by atoms with Crippen molar-refractivity contribution >= 4 is 22.6 Å². The first-order chi connectivity index (χ1) is 8.83. The van der Waals surface area contributed by atoms with Crippen LogP contribution in [-0.2, 0) is 15.3 Å². The van der Waals surface area contributed by atoms with Crippen LogP contribution in [0.25, 0.3) is 0 Å². The third kappa shape index (κ3) is 1.79. The summed E-state index contributed by atoms with van der Waals surface area (Å²) in [5, 5.41) is 0. The Balaban J connectivity index is 2.17. The molecule has 1 aliphatic heterocycles. The molecule has 0 aliphatic carbocycles. The fraction of sp³-hybridized carbons (Fsp3) is 0.0667. The number of benzene rings is 2. The van der Waals surface area contributed by atoms with E-state index < -0.39 is 5.79 Å². The van der Waals surface area contributed by atoms with E-state index >= 15 is 0 Å². The Morgan fingerprint density at radius 2 is 1.39 bits per heavy atom. The van der Waals surface area contributed by atoms with Crippen LogP contribution < -0.4 is 0 Å². The minimum absolute atomic E-state index is 0.848. The summed E-state index contributed by atoms with van der Waals surface area (Å²) in [4.78, 5) is 0. The predicted molar refractivity (Wildman–Crippen MR) is 77.7 cm³/mol. The molecule has 3 rings (SSSR count). The first kappa shape index (κ1) is 11.6. The SMILES string of the molecule is Ic1ccccc1C1(c2ccccc2)OC=CO1. The highest BCUT2D eigenvalue weighted by atomic mass is 127. The maximum Gasteiger partial charge on any atom is 0.305 e. The quantitative estimate of drug-likeness (QED) is 0.762. The summed E-state index contributed by atoms with van der Waals surface area (Å²) in [7, 11) is 0. The largest absolute Gasteiger partial charge is 0.449 e. The highest BCUT2D eigenvalue weighted by Gasteiger charge is 2.41. The van der Waals surface area contributed by atoms with E-state index in [0.717, 1.165) is 14.7 Å². The number of halogens is 1. The van der Waals surface area contributed by atoms with Crippen molar-refractivity contribution < 1.29 is 9.47 Å². The van der Waals surface area contributed by atoms with Crippen LogP contribution >= 0.6 is 22.6 Å². The maximum absolute atomic E-state index is 5.79. The molecule has 2 nitrogen and oxygen atoms in total. The average molecular weight is 350 g/mol. The molecule has 90 valence electrons. The summed E-state index contributed by atoms with van der Waals surface area (Å²) in [5.74, 6) is -0.848. The van der Waals surface area contributed by atoms with Gasteiger partial charge < -0.3 is 9.47 Å². The van der Waals surface area contributed by atoms with E-state index in [1.807, 2.05) is 54.6 Å². The van der Waals surface area contributed by atoms with Crippen molar-refractivity contribution in [1.29, 1.82) is 0 Å². The lowest BCUT2D eigenvalue weighted by atomic mass is 9.97.